The third-order valence-electron chi connectivity index (χ3n) is 2.68. The van der Waals surface area contributed by atoms with Crippen LogP contribution in [0.15, 0.2) is 30.5 Å². The molecule has 20 heavy (non-hydrogen) atoms. The Morgan fingerprint density at radius 2 is 2.05 bits per heavy atom. The number of amides is 1. The molecular formula is C12H10F3N3O2. The van der Waals surface area contributed by atoms with Gasteiger partial charge in [0, 0.05) is 6.20 Å². The lowest BCUT2D eigenvalue weighted by molar-refractivity contribution is -0.138. The number of nitrogens with two attached hydrogens (primary N) is 1. The summed E-state index contributed by atoms with van der Waals surface area (Å²) in [6, 6.07) is 4.67. The van der Waals surface area contributed by atoms with Crippen molar-refractivity contribution in [3.05, 3.63) is 47.3 Å². The number of hydrogen-bond acceptors (Lipinski definition) is 3. The Balaban J connectivity index is 2.50. The number of aliphatic hydroxyl groups is 1. The topological polar surface area (TPSA) is 81.1 Å². The van der Waals surface area contributed by atoms with Gasteiger partial charge < -0.3 is 10.8 Å². The molecule has 0 saturated heterocycles. The van der Waals surface area contributed by atoms with Crippen LogP contribution in [-0.2, 0) is 12.8 Å². The van der Waals surface area contributed by atoms with E-state index in [2.05, 4.69) is 5.10 Å². The highest BCUT2D eigenvalue weighted by molar-refractivity contribution is 5.90. The van der Waals surface area contributed by atoms with Crippen LogP contribution in [0.1, 0.15) is 21.6 Å². The quantitative estimate of drug-likeness (QED) is 0.896. The zero-order valence-electron chi connectivity index (χ0n) is 10.1. The van der Waals surface area contributed by atoms with E-state index in [0.717, 1.165) is 16.8 Å². The fourth-order valence-corrected chi connectivity index (χ4v) is 1.71. The minimum Gasteiger partial charge on any atom is -0.392 e. The smallest absolute Gasteiger partial charge is 0.392 e. The number of primary amides is 1. The molecule has 0 spiro atoms. The van der Waals surface area contributed by atoms with Gasteiger partial charge in [-0.1, -0.05) is 6.07 Å². The molecule has 1 aromatic heterocycles. The summed E-state index contributed by atoms with van der Waals surface area (Å²) in [5.74, 6) is -0.772. The average Bonchev–Trinajstić information content (AvgIpc) is 2.86. The van der Waals surface area contributed by atoms with Crippen molar-refractivity contribution in [3.63, 3.8) is 0 Å². The van der Waals surface area contributed by atoms with Crippen LogP contribution in [0.25, 0.3) is 5.69 Å². The van der Waals surface area contributed by atoms with Crippen LogP contribution in [0.2, 0.25) is 0 Å². The summed E-state index contributed by atoms with van der Waals surface area (Å²) in [5, 5.41) is 12.7. The fourth-order valence-electron chi connectivity index (χ4n) is 1.71. The minimum absolute atomic E-state index is 0.0511. The summed E-state index contributed by atoms with van der Waals surface area (Å²) in [4.78, 5) is 10.9. The first-order valence-corrected chi connectivity index (χ1v) is 5.49. The number of hydrogen-bond donors (Lipinski definition) is 2. The van der Waals surface area contributed by atoms with Gasteiger partial charge in [0.2, 0.25) is 0 Å². The molecule has 106 valence electrons. The molecule has 0 aliphatic carbocycles. The SMILES string of the molecule is NC(=O)c1ccn(-c2ccc(CO)c(C(F)(F)F)c2)n1. The van der Waals surface area contributed by atoms with E-state index in [-0.39, 0.29) is 16.9 Å². The summed E-state index contributed by atoms with van der Waals surface area (Å²) in [7, 11) is 0. The summed E-state index contributed by atoms with van der Waals surface area (Å²) in [6.07, 6.45) is -3.26. The molecule has 8 heteroatoms. The Bertz CT molecular complexity index is 650. The van der Waals surface area contributed by atoms with Crippen molar-refractivity contribution < 1.29 is 23.1 Å². The Morgan fingerprint density at radius 3 is 2.55 bits per heavy atom. The predicted octanol–water partition coefficient (Wildman–Crippen LogP) is 1.48. The van der Waals surface area contributed by atoms with E-state index in [1.54, 1.807) is 0 Å². The maximum atomic E-state index is 12.8. The maximum absolute atomic E-state index is 12.8. The zero-order valence-corrected chi connectivity index (χ0v) is 10.1. The van der Waals surface area contributed by atoms with Crippen molar-refractivity contribution in [1.29, 1.82) is 0 Å². The number of rotatable bonds is 3. The van der Waals surface area contributed by atoms with E-state index >= 15 is 0 Å². The largest absolute Gasteiger partial charge is 0.416 e. The monoisotopic (exact) mass is 285 g/mol. The molecule has 1 aromatic carbocycles. The highest BCUT2D eigenvalue weighted by atomic mass is 19.4. The molecule has 0 radical (unpaired) electrons. The van der Waals surface area contributed by atoms with Gasteiger partial charge in [-0.05, 0) is 23.8 Å². The van der Waals surface area contributed by atoms with E-state index < -0.39 is 24.3 Å². The molecule has 1 heterocycles. The van der Waals surface area contributed by atoms with Gasteiger partial charge in [-0.25, -0.2) is 4.68 Å². The molecule has 0 atom stereocenters. The van der Waals surface area contributed by atoms with Crippen LogP contribution < -0.4 is 5.73 Å². The Hall–Kier alpha value is -2.35. The Labute approximate surface area is 111 Å². The molecule has 0 fully saturated rings. The molecule has 2 rings (SSSR count). The highest BCUT2D eigenvalue weighted by Crippen LogP contribution is 2.33. The van der Waals surface area contributed by atoms with Crippen molar-refractivity contribution in [2.75, 3.05) is 0 Å². The fraction of sp³-hybridized carbons (Fsp3) is 0.167. The van der Waals surface area contributed by atoms with Crippen LogP contribution in [0.5, 0.6) is 0 Å². The molecule has 0 aliphatic heterocycles. The molecule has 0 aliphatic rings. The maximum Gasteiger partial charge on any atom is 0.416 e. The van der Waals surface area contributed by atoms with Gasteiger partial charge >= 0.3 is 6.18 Å². The summed E-state index contributed by atoms with van der Waals surface area (Å²) >= 11 is 0. The molecule has 3 N–H and O–H groups in total. The third kappa shape index (κ3) is 2.64. The van der Waals surface area contributed by atoms with Crippen LogP contribution in [-0.4, -0.2) is 20.8 Å². The van der Waals surface area contributed by atoms with Crippen LogP contribution >= 0.6 is 0 Å². The van der Waals surface area contributed by atoms with Crippen molar-refractivity contribution in [2.45, 2.75) is 12.8 Å². The molecule has 0 bridgehead atoms. The number of nitrogens with zero attached hydrogens (tertiary/aromatic N) is 2. The second-order valence-corrected chi connectivity index (χ2v) is 4.01. The van der Waals surface area contributed by atoms with Gasteiger partial charge in [-0.2, -0.15) is 18.3 Å². The van der Waals surface area contributed by atoms with Gasteiger partial charge in [-0.3, -0.25) is 4.79 Å². The predicted molar refractivity (Wildman–Crippen MR) is 63.0 cm³/mol. The van der Waals surface area contributed by atoms with E-state index in [1.807, 2.05) is 0 Å². The first-order valence-electron chi connectivity index (χ1n) is 5.49. The first kappa shape index (κ1) is 14.1. The van der Waals surface area contributed by atoms with Gasteiger partial charge in [0.15, 0.2) is 0 Å². The molecular weight excluding hydrogens is 275 g/mol. The third-order valence-corrected chi connectivity index (χ3v) is 2.68. The van der Waals surface area contributed by atoms with Crippen molar-refractivity contribution >= 4 is 5.91 Å². The highest BCUT2D eigenvalue weighted by Gasteiger charge is 2.33. The summed E-state index contributed by atoms with van der Waals surface area (Å²) in [5.41, 5.74) is 3.90. The van der Waals surface area contributed by atoms with Crippen LogP contribution in [0.4, 0.5) is 13.2 Å². The van der Waals surface area contributed by atoms with Crippen LogP contribution in [0, 0.1) is 0 Å². The second kappa shape index (κ2) is 4.97. The van der Waals surface area contributed by atoms with Gasteiger partial charge in [-0.15, -0.1) is 0 Å². The van der Waals surface area contributed by atoms with Crippen LogP contribution in [0.3, 0.4) is 0 Å². The summed E-state index contributed by atoms with van der Waals surface area (Å²) in [6.45, 7) is -0.721. The second-order valence-electron chi connectivity index (χ2n) is 4.01. The lowest BCUT2D eigenvalue weighted by Crippen LogP contribution is -2.13. The number of aliphatic hydroxyl groups excluding tert-OH is 1. The first-order chi connectivity index (χ1) is 9.32. The summed E-state index contributed by atoms with van der Waals surface area (Å²) < 4.78 is 39.7. The van der Waals surface area contributed by atoms with E-state index in [4.69, 9.17) is 10.8 Å². The molecule has 0 saturated carbocycles. The normalized spacial score (nSPS) is 11.6. The van der Waals surface area contributed by atoms with Crippen molar-refractivity contribution in [1.82, 2.24) is 9.78 Å². The van der Waals surface area contributed by atoms with E-state index in [1.165, 1.54) is 18.3 Å². The molecule has 1 amide bonds. The molecule has 5 nitrogen and oxygen atoms in total. The standard InChI is InChI=1S/C12H10F3N3O2/c13-12(14,15)9-5-8(2-1-7(9)6-19)18-4-3-10(17-18)11(16)20/h1-5,19H,6H2,(H2,16,20). The van der Waals surface area contributed by atoms with Crippen molar-refractivity contribution in [3.8, 4) is 5.69 Å². The van der Waals surface area contributed by atoms with Crippen molar-refractivity contribution in [2.24, 2.45) is 5.73 Å². The lowest BCUT2D eigenvalue weighted by Gasteiger charge is -2.13. The number of halogens is 3. The number of alkyl halides is 3. The Morgan fingerprint density at radius 1 is 1.35 bits per heavy atom. The van der Waals surface area contributed by atoms with Gasteiger partial charge in [0.1, 0.15) is 5.69 Å². The number of aromatic nitrogens is 2. The van der Waals surface area contributed by atoms with E-state index in [0.29, 0.717) is 0 Å². The number of carbonyl (C=O) groups is 1. The number of benzene rings is 1. The van der Waals surface area contributed by atoms with Gasteiger partial charge in [0.25, 0.3) is 5.91 Å². The average molecular weight is 285 g/mol. The molecule has 2 aromatic rings. The van der Waals surface area contributed by atoms with E-state index in [9.17, 15) is 18.0 Å². The Kier molecular flexibility index (Phi) is 3.49. The zero-order chi connectivity index (χ0) is 14.9. The number of carbonyl (C=O) groups excluding carboxylic acids is 1. The lowest BCUT2D eigenvalue weighted by atomic mass is 10.1. The molecule has 0 unspecified atom stereocenters. The minimum atomic E-state index is -4.59. The van der Waals surface area contributed by atoms with Gasteiger partial charge in [0.05, 0.1) is 17.9 Å².